The molecule has 7 nitrogen and oxygen atoms in total. The molecule has 0 saturated heterocycles. The third kappa shape index (κ3) is 4.24. The minimum atomic E-state index is -3.06. The highest BCUT2D eigenvalue weighted by molar-refractivity contribution is 14.1. The fourth-order valence-electron chi connectivity index (χ4n) is 3.02. The molecular weight excluding hydrogens is 514 g/mol. The maximum atomic E-state index is 14.6. The first kappa shape index (κ1) is 22.0. The number of aryl methyl sites for hydroxylation is 1. The monoisotopic (exact) mass is 529 g/mol. The van der Waals surface area contributed by atoms with Crippen LogP contribution in [0.5, 0.6) is 0 Å². The average Bonchev–Trinajstić information content (AvgIpc) is 2.74. The minimum Gasteiger partial charge on any atom is -0.370 e. The van der Waals surface area contributed by atoms with Crippen LogP contribution < -0.4 is 8.85 Å². The number of anilines is 1. The van der Waals surface area contributed by atoms with Gasteiger partial charge in [0, 0.05) is 17.4 Å². The molecule has 0 fully saturated rings. The maximum Gasteiger partial charge on any atom is 0.274 e. The van der Waals surface area contributed by atoms with Gasteiger partial charge < -0.3 is 13.6 Å². The summed E-state index contributed by atoms with van der Waals surface area (Å²) >= 11 is 1.73. The summed E-state index contributed by atoms with van der Waals surface area (Å²) in [7, 11) is 0. The van der Waals surface area contributed by atoms with Crippen LogP contribution in [0.4, 0.5) is 18.9 Å². The lowest BCUT2D eigenvalue weighted by molar-refractivity contribution is -0.0147. The number of amides is 1. The number of benzene rings is 1. The number of pyridine rings is 1. The number of hydrogen-bond acceptors (Lipinski definition) is 6. The van der Waals surface area contributed by atoms with Crippen molar-refractivity contribution in [2.24, 2.45) is 4.99 Å². The Balaban J connectivity index is 1.97. The van der Waals surface area contributed by atoms with Crippen molar-refractivity contribution in [2.45, 2.75) is 18.9 Å². The van der Waals surface area contributed by atoms with Crippen LogP contribution in [0.2, 0.25) is 0 Å². The number of alkyl halides is 2. The molecule has 1 aliphatic rings. The van der Waals surface area contributed by atoms with Crippen molar-refractivity contribution in [3.63, 3.8) is 0 Å². The van der Waals surface area contributed by atoms with Crippen molar-refractivity contribution in [3.8, 4) is 6.07 Å². The number of nitrogens with one attached hydrogen (secondary N) is 2. The van der Waals surface area contributed by atoms with Gasteiger partial charge in [-0.15, -0.1) is 0 Å². The number of carbonyl (C=O) groups is 1. The van der Waals surface area contributed by atoms with Crippen LogP contribution in [0.15, 0.2) is 35.5 Å². The largest absolute Gasteiger partial charge is 0.370 e. The molecule has 1 aromatic carbocycles. The van der Waals surface area contributed by atoms with E-state index in [1.165, 1.54) is 18.3 Å². The highest BCUT2D eigenvalue weighted by atomic mass is 127. The van der Waals surface area contributed by atoms with E-state index < -0.39 is 35.9 Å². The smallest absolute Gasteiger partial charge is 0.274 e. The third-order valence-electron chi connectivity index (χ3n) is 4.48. The Morgan fingerprint density at radius 2 is 2.17 bits per heavy atom. The van der Waals surface area contributed by atoms with E-state index in [4.69, 9.17) is 10.00 Å². The molecule has 1 atom stereocenters. The maximum absolute atomic E-state index is 14.6. The van der Waals surface area contributed by atoms with E-state index in [1.54, 1.807) is 29.8 Å². The number of aromatic nitrogens is 1. The summed E-state index contributed by atoms with van der Waals surface area (Å²) in [6.45, 7) is 1.09. The summed E-state index contributed by atoms with van der Waals surface area (Å²) in [4.78, 5) is 20.5. The number of nitriles is 1. The SMILES string of the molecule is Cc1cc(C#N)cnc1C(=O)Nc1ccc(F)c(C2(C(F)F)COCC(NI)=N2)c1. The van der Waals surface area contributed by atoms with Gasteiger partial charge in [-0.1, -0.05) is 0 Å². The number of carbonyl (C=O) groups excluding carboxylic acids is 1. The van der Waals surface area contributed by atoms with Crippen molar-refractivity contribution in [1.82, 2.24) is 8.51 Å². The molecule has 1 amide bonds. The number of rotatable bonds is 4. The molecule has 0 radical (unpaired) electrons. The van der Waals surface area contributed by atoms with Gasteiger partial charge in [-0.05, 0) is 36.8 Å². The topological polar surface area (TPSA) is 99.4 Å². The predicted octanol–water partition coefficient (Wildman–Crippen LogP) is 3.48. The van der Waals surface area contributed by atoms with Gasteiger partial charge in [0.25, 0.3) is 12.3 Å². The van der Waals surface area contributed by atoms with Gasteiger partial charge in [0.2, 0.25) is 0 Å². The number of ether oxygens (including phenoxy) is 1. The molecule has 1 aromatic heterocycles. The second-order valence-electron chi connectivity index (χ2n) is 6.52. The predicted molar refractivity (Wildman–Crippen MR) is 111 cm³/mol. The molecule has 1 aliphatic heterocycles. The highest BCUT2D eigenvalue weighted by Gasteiger charge is 2.46. The summed E-state index contributed by atoms with van der Waals surface area (Å²) in [5.74, 6) is -1.38. The lowest BCUT2D eigenvalue weighted by atomic mass is 9.90. The van der Waals surface area contributed by atoms with E-state index in [0.717, 1.165) is 12.1 Å². The number of aliphatic imine (C=N–C) groups is 1. The quantitative estimate of drug-likeness (QED) is 0.467. The summed E-state index contributed by atoms with van der Waals surface area (Å²) in [6, 6.07) is 6.76. The molecule has 0 aliphatic carbocycles. The lowest BCUT2D eigenvalue weighted by Gasteiger charge is -2.33. The first-order chi connectivity index (χ1) is 14.3. The fraction of sp³-hybridized carbons (Fsp3) is 0.263. The minimum absolute atomic E-state index is 0.000898. The Labute approximate surface area is 183 Å². The molecule has 2 aromatic rings. The molecule has 1 unspecified atom stereocenters. The number of halogens is 4. The van der Waals surface area contributed by atoms with Crippen molar-refractivity contribution in [3.05, 3.63) is 58.7 Å². The zero-order valence-corrected chi connectivity index (χ0v) is 17.7. The van der Waals surface area contributed by atoms with E-state index in [1.807, 2.05) is 6.07 Å². The van der Waals surface area contributed by atoms with E-state index in [0.29, 0.717) is 11.1 Å². The molecule has 3 rings (SSSR count). The Hall–Kier alpha value is -2.72. The Morgan fingerprint density at radius 3 is 2.80 bits per heavy atom. The van der Waals surface area contributed by atoms with Crippen LogP contribution in [0.25, 0.3) is 0 Å². The van der Waals surface area contributed by atoms with Gasteiger partial charge in [-0.2, -0.15) is 5.26 Å². The molecule has 0 spiro atoms. The fourth-order valence-corrected chi connectivity index (χ4v) is 3.30. The molecule has 11 heteroatoms. The first-order valence-electron chi connectivity index (χ1n) is 8.60. The standard InChI is InChI=1S/C19H15F3IN5O2/c1-10-4-11(6-24)7-25-16(10)17(29)26-12-2-3-14(20)13(5-12)19(18(21)22)9-30-8-15(27-19)28-23/h2-5,7,18H,8-9H2,1H3,(H,26,29)(H,27,28). The normalized spacial score (nSPS) is 18.5. The summed E-state index contributed by atoms with van der Waals surface area (Å²) in [6.07, 6.45) is -1.81. The molecule has 2 N–H and O–H groups in total. The molecule has 0 bridgehead atoms. The molecule has 156 valence electrons. The summed E-state index contributed by atoms with van der Waals surface area (Å²) in [5, 5.41) is 11.4. The Bertz CT molecular complexity index is 1060. The van der Waals surface area contributed by atoms with Gasteiger partial charge in [0.05, 0.1) is 35.0 Å². The van der Waals surface area contributed by atoms with Gasteiger partial charge in [0.1, 0.15) is 30.0 Å². The van der Waals surface area contributed by atoms with Gasteiger partial charge in [-0.3, -0.25) is 4.79 Å². The molecule has 2 heterocycles. The van der Waals surface area contributed by atoms with Crippen LogP contribution in [0.3, 0.4) is 0 Å². The molecule has 0 saturated carbocycles. The second kappa shape index (κ2) is 8.97. The third-order valence-corrected chi connectivity index (χ3v) is 5.10. The zero-order chi connectivity index (χ0) is 21.9. The summed E-state index contributed by atoms with van der Waals surface area (Å²) in [5.41, 5.74) is -1.75. The molecule has 30 heavy (non-hydrogen) atoms. The van der Waals surface area contributed by atoms with E-state index in [-0.39, 0.29) is 23.8 Å². The molecular formula is C19H15F3IN5O2. The second-order valence-corrected chi connectivity index (χ2v) is 7.06. The first-order valence-corrected chi connectivity index (χ1v) is 9.68. The number of hydrogen-bond donors (Lipinski definition) is 2. The van der Waals surface area contributed by atoms with Crippen LogP contribution in [-0.2, 0) is 10.3 Å². The van der Waals surface area contributed by atoms with Crippen molar-refractivity contribution in [2.75, 3.05) is 18.5 Å². The number of amidine groups is 1. The number of nitrogens with zero attached hydrogens (tertiary/aromatic N) is 3. The van der Waals surface area contributed by atoms with Crippen molar-refractivity contribution < 1.29 is 22.7 Å². The average molecular weight is 529 g/mol. The van der Waals surface area contributed by atoms with Gasteiger partial charge in [0.15, 0.2) is 5.54 Å². The van der Waals surface area contributed by atoms with E-state index >= 15 is 0 Å². The van der Waals surface area contributed by atoms with E-state index in [2.05, 4.69) is 18.8 Å². The van der Waals surface area contributed by atoms with Gasteiger partial charge in [-0.25, -0.2) is 23.1 Å². The highest BCUT2D eigenvalue weighted by Crippen LogP contribution is 2.38. The van der Waals surface area contributed by atoms with Crippen LogP contribution >= 0.6 is 22.9 Å². The summed E-state index contributed by atoms with van der Waals surface area (Å²) < 4.78 is 50.5. The van der Waals surface area contributed by atoms with Crippen molar-refractivity contribution >= 4 is 40.3 Å². The zero-order valence-electron chi connectivity index (χ0n) is 15.5. The van der Waals surface area contributed by atoms with Crippen LogP contribution in [0, 0.1) is 24.1 Å². The van der Waals surface area contributed by atoms with Crippen LogP contribution in [0.1, 0.15) is 27.2 Å². The lowest BCUT2D eigenvalue weighted by Crippen LogP contribution is -2.45. The van der Waals surface area contributed by atoms with Gasteiger partial charge >= 0.3 is 0 Å². The van der Waals surface area contributed by atoms with Crippen molar-refractivity contribution in [1.29, 1.82) is 5.26 Å². The Morgan fingerprint density at radius 1 is 1.40 bits per heavy atom. The Kier molecular flexibility index (Phi) is 6.57. The van der Waals surface area contributed by atoms with Crippen LogP contribution in [-0.4, -0.2) is 36.4 Å². The van der Waals surface area contributed by atoms with E-state index in [9.17, 15) is 18.0 Å².